The maximum Gasteiger partial charge on any atom is 0.261 e. The van der Waals surface area contributed by atoms with Gasteiger partial charge in [0.2, 0.25) is 0 Å². The van der Waals surface area contributed by atoms with Gasteiger partial charge in [-0.15, -0.1) is 0 Å². The number of carbonyl (C=O) groups is 1. The summed E-state index contributed by atoms with van der Waals surface area (Å²) in [5.74, 6) is 0.452. The van der Waals surface area contributed by atoms with Crippen molar-refractivity contribution in [3.8, 4) is 11.5 Å². The molecule has 3 aromatic rings. The molecule has 0 atom stereocenters. The number of carbonyl (C=O) groups excluding carboxylic acids is 1. The zero-order chi connectivity index (χ0) is 20.9. The lowest BCUT2D eigenvalue weighted by molar-refractivity contribution is 0.104. The van der Waals surface area contributed by atoms with Crippen molar-refractivity contribution in [3.63, 3.8) is 0 Å². The highest BCUT2D eigenvalue weighted by atomic mass is 32.2. The second-order valence-electron chi connectivity index (χ2n) is 6.15. The molecule has 7 heteroatoms. The van der Waals surface area contributed by atoms with Crippen LogP contribution in [0.4, 0.5) is 5.69 Å². The van der Waals surface area contributed by atoms with Crippen LogP contribution in [0.1, 0.15) is 15.9 Å². The average molecular weight is 409 g/mol. The van der Waals surface area contributed by atoms with E-state index in [1.54, 1.807) is 42.5 Å². The molecule has 0 bridgehead atoms. The minimum absolute atomic E-state index is 0.0434. The first-order valence-electron chi connectivity index (χ1n) is 8.66. The van der Waals surface area contributed by atoms with E-state index in [0.717, 1.165) is 0 Å². The number of hydrogen-bond acceptors (Lipinski definition) is 5. The lowest BCUT2D eigenvalue weighted by Crippen LogP contribution is -2.13. The third-order valence-corrected chi connectivity index (χ3v) is 5.49. The Hall–Kier alpha value is -3.58. The summed E-state index contributed by atoms with van der Waals surface area (Å²) in [7, 11) is -2.25. The molecule has 6 nitrogen and oxygen atoms in total. The molecular formula is C22H19NO5S. The Bertz CT molecular complexity index is 1130. The fourth-order valence-electron chi connectivity index (χ4n) is 2.57. The highest BCUT2D eigenvalue weighted by Gasteiger charge is 2.15. The maximum absolute atomic E-state index is 12.5. The molecule has 2 N–H and O–H groups in total. The number of benzene rings is 3. The van der Waals surface area contributed by atoms with Crippen molar-refractivity contribution in [3.05, 3.63) is 90.0 Å². The van der Waals surface area contributed by atoms with Crippen LogP contribution < -0.4 is 9.46 Å². The molecule has 0 fully saturated rings. The zero-order valence-corrected chi connectivity index (χ0v) is 16.4. The summed E-state index contributed by atoms with van der Waals surface area (Å²) in [4.78, 5) is 12.3. The highest BCUT2D eigenvalue weighted by Crippen LogP contribution is 2.20. The van der Waals surface area contributed by atoms with Crippen LogP contribution in [0.2, 0.25) is 0 Å². The fraction of sp³-hybridized carbons (Fsp3) is 0.0455. The molecule has 0 aromatic heterocycles. The Morgan fingerprint density at radius 1 is 1.00 bits per heavy atom. The number of rotatable bonds is 7. The number of phenolic OH excluding ortho intramolecular Hbond substituents is 1. The maximum atomic E-state index is 12.5. The van der Waals surface area contributed by atoms with E-state index in [4.69, 9.17) is 4.74 Å². The summed E-state index contributed by atoms with van der Waals surface area (Å²) >= 11 is 0. The second kappa shape index (κ2) is 8.62. The summed E-state index contributed by atoms with van der Waals surface area (Å²) < 4.78 is 32.6. The SMILES string of the molecule is COc1ccc(NS(=O)(=O)c2ccc(C(=O)C=Cc3cccc(O)c3)cc2)cc1. The van der Waals surface area contributed by atoms with E-state index in [0.29, 0.717) is 22.6 Å². The van der Waals surface area contributed by atoms with Gasteiger partial charge in [0.05, 0.1) is 12.0 Å². The van der Waals surface area contributed by atoms with Crippen LogP contribution >= 0.6 is 0 Å². The van der Waals surface area contributed by atoms with Crippen molar-refractivity contribution in [2.24, 2.45) is 0 Å². The van der Waals surface area contributed by atoms with Gasteiger partial charge in [0.15, 0.2) is 5.78 Å². The molecule has 148 valence electrons. The normalized spacial score (nSPS) is 11.3. The Morgan fingerprint density at radius 2 is 1.69 bits per heavy atom. The van der Waals surface area contributed by atoms with E-state index in [9.17, 15) is 18.3 Å². The second-order valence-corrected chi connectivity index (χ2v) is 7.83. The fourth-order valence-corrected chi connectivity index (χ4v) is 3.63. The predicted octanol–water partition coefficient (Wildman–Crippen LogP) is 4.10. The molecule has 0 aliphatic heterocycles. The van der Waals surface area contributed by atoms with E-state index >= 15 is 0 Å². The molecular weight excluding hydrogens is 390 g/mol. The number of hydrogen-bond donors (Lipinski definition) is 2. The monoisotopic (exact) mass is 409 g/mol. The Morgan fingerprint density at radius 3 is 2.31 bits per heavy atom. The number of ether oxygens (including phenoxy) is 1. The Labute approximate surface area is 169 Å². The number of phenols is 1. The molecule has 0 unspecified atom stereocenters. The van der Waals surface area contributed by atoms with Crippen molar-refractivity contribution in [2.45, 2.75) is 4.90 Å². The molecule has 3 aromatic carbocycles. The van der Waals surface area contributed by atoms with Gasteiger partial charge < -0.3 is 9.84 Å². The van der Waals surface area contributed by atoms with E-state index in [1.807, 2.05) is 0 Å². The van der Waals surface area contributed by atoms with Crippen LogP contribution in [0.3, 0.4) is 0 Å². The van der Waals surface area contributed by atoms with Gasteiger partial charge >= 0.3 is 0 Å². The van der Waals surface area contributed by atoms with E-state index in [2.05, 4.69) is 4.72 Å². The van der Waals surface area contributed by atoms with Crippen molar-refractivity contribution < 1.29 is 23.1 Å². The zero-order valence-electron chi connectivity index (χ0n) is 15.6. The molecule has 0 aliphatic rings. The molecule has 0 heterocycles. The molecule has 0 spiro atoms. The van der Waals surface area contributed by atoms with Crippen LogP contribution in [0.15, 0.2) is 83.8 Å². The van der Waals surface area contributed by atoms with Gasteiger partial charge in [-0.25, -0.2) is 8.42 Å². The molecule has 29 heavy (non-hydrogen) atoms. The third-order valence-electron chi connectivity index (χ3n) is 4.09. The van der Waals surface area contributed by atoms with Gasteiger partial charge in [-0.05, 0) is 72.3 Å². The predicted molar refractivity (Wildman–Crippen MR) is 112 cm³/mol. The van der Waals surface area contributed by atoms with Crippen LogP contribution in [0, 0.1) is 0 Å². The number of aromatic hydroxyl groups is 1. The van der Waals surface area contributed by atoms with Crippen LogP contribution in [0.5, 0.6) is 11.5 Å². The number of methoxy groups -OCH3 is 1. The Kier molecular flexibility index (Phi) is 5.99. The van der Waals surface area contributed by atoms with Gasteiger partial charge in [-0.2, -0.15) is 0 Å². The van der Waals surface area contributed by atoms with Crippen LogP contribution in [-0.4, -0.2) is 26.4 Å². The van der Waals surface area contributed by atoms with Crippen LogP contribution in [0.25, 0.3) is 6.08 Å². The van der Waals surface area contributed by atoms with E-state index in [1.165, 1.54) is 49.6 Å². The quantitative estimate of drug-likeness (QED) is 0.453. The van der Waals surface area contributed by atoms with E-state index in [-0.39, 0.29) is 16.4 Å². The molecule has 0 amide bonds. The van der Waals surface area contributed by atoms with Gasteiger partial charge in [-0.3, -0.25) is 9.52 Å². The number of anilines is 1. The number of ketones is 1. The molecule has 0 saturated carbocycles. The summed E-state index contributed by atoms with van der Waals surface area (Å²) in [6.45, 7) is 0. The minimum Gasteiger partial charge on any atom is -0.508 e. The van der Waals surface area contributed by atoms with Gasteiger partial charge in [0.25, 0.3) is 10.0 Å². The third kappa shape index (κ3) is 5.24. The standard InChI is InChI=1S/C22H19NO5S/c1-28-20-10-8-18(9-11-20)23-29(26,27)21-12-6-17(7-13-21)22(25)14-5-16-3-2-4-19(24)15-16/h2-15,23-24H,1H3. The molecule has 0 aliphatic carbocycles. The van der Waals surface area contributed by atoms with Crippen molar-refractivity contribution >= 4 is 27.6 Å². The lowest BCUT2D eigenvalue weighted by atomic mass is 10.1. The Balaban J connectivity index is 1.71. The first kappa shape index (κ1) is 20.2. The molecule has 0 saturated heterocycles. The number of nitrogens with one attached hydrogen (secondary N) is 1. The van der Waals surface area contributed by atoms with Crippen molar-refractivity contribution in [1.82, 2.24) is 0 Å². The molecule has 3 rings (SSSR count). The number of sulfonamides is 1. The first-order valence-corrected chi connectivity index (χ1v) is 10.1. The lowest BCUT2D eigenvalue weighted by Gasteiger charge is -2.09. The van der Waals surface area contributed by atoms with E-state index < -0.39 is 10.0 Å². The van der Waals surface area contributed by atoms with Crippen LogP contribution in [-0.2, 0) is 10.0 Å². The molecule has 0 radical (unpaired) electrons. The van der Waals surface area contributed by atoms with Crippen molar-refractivity contribution in [1.29, 1.82) is 0 Å². The largest absolute Gasteiger partial charge is 0.508 e. The number of allylic oxidation sites excluding steroid dienone is 1. The average Bonchev–Trinajstić information content (AvgIpc) is 2.72. The van der Waals surface area contributed by atoms with Gasteiger partial charge in [0.1, 0.15) is 11.5 Å². The highest BCUT2D eigenvalue weighted by molar-refractivity contribution is 7.92. The van der Waals surface area contributed by atoms with Gasteiger partial charge in [0, 0.05) is 11.3 Å². The summed E-state index contributed by atoms with van der Waals surface area (Å²) in [6.07, 6.45) is 2.95. The topological polar surface area (TPSA) is 92.7 Å². The summed E-state index contributed by atoms with van der Waals surface area (Å²) in [5, 5.41) is 9.45. The first-order chi connectivity index (χ1) is 13.9. The van der Waals surface area contributed by atoms with Gasteiger partial charge in [-0.1, -0.05) is 18.2 Å². The summed E-state index contributed by atoms with van der Waals surface area (Å²) in [6, 6.07) is 18.7. The minimum atomic E-state index is -3.78. The summed E-state index contributed by atoms with van der Waals surface area (Å²) in [5.41, 5.74) is 1.44. The smallest absolute Gasteiger partial charge is 0.261 e. The van der Waals surface area contributed by atoms with Crippen molar-refractivity contribution in [2.75, 3.05) is 11.8 Å².